The van der Waals surface area contributed by atoms with Crippen molar-refractivity contribution < 1.29 is 14.0 Å². The number of benzene rings is 2. The van der Waals surface area contributed by atoms with E-state index in [-0.39, 0.29) is 22.1 Å². The summed E-state index contributed by atoms with van der Waals surface area (Å²) in [6.07, 6.45) is 4.67. The lowest BCUT2D eigenvalue weighted by Crippen LogP contribution is -2.60. The molecular formula is C28H31Cl2FN2O2. The SMILES string of the molecule is CC(C)(C)CC(=O)C1NC2(CCCCC2)C2(C(=O)Nc3cc(Cl)ccc32)C1c1cccc(Cl)c1F. The molecule has 0 aromatic heterocycles. The van der Waals surface area contributed by atoms with Crippen LogP contribution in [0.4, 0.5) is 10.1 Å². The van der Waals surface area contributed by atoms with Gasteiger partial charge < -0.3 is 5.32 Å². The molecule has 2 aliphatic heterocycles. The van der Waals surface area contributed by atoms with Crippen molar-refractivity contribution in [3.8, 4) is 0 Å². The van der Waals surface area contributed by atoms with E-state index in [2.05, 4.69) is 10.6 Å². The molecule has 1 saturated heterocycles. The minimum Gasteiger partial charge on any atom is -0.325 e. The van der Waals surface area contributed by atoms with Gasteiger partial charge in [0.25, 0.3) is 0 Å². The molecule has 35 heavy (non-hydrogen) atoms. The summed E-state index contributed by atoms with van der Waals surface area (Å²) in [5, 5.41) is 7.24. The second-order valence-electron chi connectivity index (χ2n) is 11.5. The summed E-state index contributed by atoms with van der Waals surface area (Å²) in [6, 6.07) is 9.54. The van der Waals surface area contributed by atoms with Crippen LogP contribution in [0.5, 0.6) is 0 Å². The van der Waals surface area contributed by atoms with Gasteiger partial charge in [0.05, 0.1) is 11.1 Å². The Labute approximate surface area is 216 Å². The Morgan fingerprint density at radius 1 is 1.11 bits per heavy atom. The highest BCUT2D eigenvalue weighted by Crippen LogP contribution is 2.63. The van der Waals surface area contributed by atoms with Crippen molar-refractivity contribution in [2.75, 3.05) is 5.32 Å². The Balaban J connectivity index is 1.81. The number of hydrogen-bond donors (Lipinski definition) is 2. The van der Waals surface area contributed by atoms with Crippen LogP contribution >= 0.6 is 23.2 Å². The van der Waals surface area contributed by atoms with Gasteiger partial charge in [-0.1, -0.05) is 81.4 Å². The van der Waals surface area contributed by atoms with Crippen molar-refractivity contribution in [1.82, 2.24) is 5.32 Å². The van der Waals surface area contributed by atoms with Crippen molar-refractivity contribution in [2.24, 2.45) is 5.41 Å². The number of carbonyl (C=O) groups excluding carboxylic acids is 2. The first-order valence-corrected chi connectivity index (χ1v) is 13.1. The fourth-order valence-corrected chi connectivity index (χ4v) is 7.25. The van der Waals surface area contributed by atoms with Gasteiger partial charge in [-0.15, -0.1) is 0 Å². The van der Waals surface area contributed by atoms with E-state index < -0.39 is 28.7 Å². The molecule has 1 aliphatic carbocycles. The lowest BCUT2D eigenvalue weighted by Gasteiger charge is -2.47. The lowest BCUT2D eigenvalue weighted by atomic mass is 9.55. The second-order valence-corrected chi connectivity index (χ2v) is 12.4. The molecule has 1 amide bonds. The van der Waals surface area contributed by atoms with Crippen LogP contribution in [-0.4, -0.2) is 23.3 Å². The first-order valence-electron chi connectivity index (χ1n) is 12.4. The first kappa shape index (κ1) is 24.7. The molecule has 4 nitrogen and oxygen atoms in total. The third-order valence-corrected chi connectivity index (χ3v) is 8.60. The standard InChI is InChI=1S/C28H31Cl2FN2O2/c1-26(2,3)15-21(34)24-22(17-8-7-9-19(30)23(17)31)28(27(33-24)12-5-4-6-13-27)18-11-10-16(29)14-20(18)32-25(28)35/h7-11,14,22,24,33H,4-6,12-13,15H2,1-3H3,(H,32,35). The monoisotopic (exact) mass is 516 g/mol. The predicted octanol–water partition coefficient (Wildman–Crippen LogP) is 6.79. The van der Waals surface area contributed by atoms with Crippen molar-refractivity contribution in [3.63, 3.8) is 0 Å². The van der Waals surface area contributed by atoms with Crippen LogP contribution < -0.4 is 10.6 Å². The molecule has 186 valence electrons. The number of fused-ring (bicyclic) bond motifs is 3. The minimum atomic E-state index is -1.17. The Bertz CT molecular complexity index is 1200. The zero-order chi connectivity index (χ0) is 25.2. The van der Waals surface area contributed by atoms with E-state index in [4.69, 9.17) is 23.2 Å². The largest absolute Gasteiger partial charge is 0.325 e. The number of halogens is 3. The van der Waals surface area contributed by atoms with Crippen LogP contribution in [0.2, 0.25) is 10.0 Å². The maximum absolute atomic E-state index is 15.8. The molecule has 2 fully saturated rings. The summed E-state index contributed by atoms with van der Waals surface area (Å²) >= 11 is 12.6. The molecule has 0 radical (unpaired) electrons. The number of ketones is 1. The van der Waals surface area contributed by atoms with Crippen LogP contribution in [0.1, 0.15) is 76.3 Å². The molecule has 3 aliphatic rings. The Morgan fingerprint density at radius 3 is 2.51 bits per heavy atom. The number of anilines is 1. The van der Waals surface area contributed by atoms with E-state index in [1.54, 1.807) is 24.3 Å². The highest BCUT2D eigenvalue weighted by molar-refractivity contribution is 6.31. The predicted molar refractivity (Wildman–Crippen MR) is 138 cm³/mol. The molecule has 3 unspecified atom stereocenters. The summed E-state index contributed by atoms with van der Waals surface area (Å²) in [6.45, 7) is 6.04. The van der Waals surface area contributed by atoms with Gasteiger partial charge in [0.1, 0.15) is 11.2 Å². The maximum atomic E-state index is 15.8. The van der Waals surface area contributed by atoms with E-state index >= 15 is 4.39 Å². The number of hydrogen-bond acceptors (Lipinski definition) is 3. The Hall–Kier alpha value is -1.95. The molecule has 1 saturated carbocycles. The van der Waals surface area contributed by atoms with Gasteiger partial charge in [-0.2, -0.15) is 0 Å². The quantitative estimate of drug-likeness (QED) is 0.472. The van der Waals surface area contributed by atoms with Crippen LogP contribution in [0, 0.1) is 11.2 Å². The summed E-state index contributed by atoms with van der Waals surface area (Å²) in [7, 11) is 0. The van der Waals surface area contributed by atoms with Gasteiger partial charge in [0.2, 0.25) is 5.91 Å². The van der Waals surface area contributed by atoms with Crippen molar-refractivity contribution in [1.29, 1.82) is 0 Å². The average Bonchev–Trinajstić information content (AvgIpc) is 3.23. The topological polar surface area (TPSA) is 58.2 Å². The highest BCUT2D eigenvalue weighted by atomic mass is 35.5. The van der Waals surface area contributed by atoms with E-state index in [1.807, 2.05) is 26.8 Å². The lowest BCUT2D eigenvalue weighted by molar-refractivity contribution is -0.124. The van der Waals surface area contributed by atoms with Crippen molar-refractivity contribution in [2.45, 2.75) is 82.2 Å². The minimum absolute atomic E-state index is 0.0148. The third kappa shape index (κ3) is 3.73. The zero-order valence-electron chi connectivity index (χ0n) is 20.3. The van der Waals surface area contributed by atoms with Crippen LogP contribution in [0.15, 0.2) is 36.4 Å². The van der Waals surface area contributed by atoms with Crippen LogP contribution in [-0.2, 0) is 15.0 Å². The van der Waals surface area contributed by atoms with Crippen molar-refractivity contribution >= 4 is 40.6 Å². The fourth-order valence-electron chi connectivity index (χ4n) is 6.90. The van der Waals surface area contributed by atoms with Crippen LogP contribution in [0.3, 0.4) is 0 Å². The smallest absolute Gasteiger partial charge is 0.237 e. The number of amides is 1. The molecule has 7 heteroatoms. The molecular weight excluding hydrogens is 486 g/mol. The number of rotatable bonds is 3. The maximum Gasteiger partial charge on any atom is 0.237 e. The molecule has 2 aromatic carbocycles. The Morgan fingerprint density at radius 2 is 1.83 bits per heavy atom. The molecule has 2 N–H and O–H groups in total. The summed E-state index contributed by atoms with van der Waals surface area (Å²) < 4.78 is 15.8. The summed E-state index contributed by atoms with van der Waals surface area (Å²) in [5.74, 6) is -1.55. The van der Waals surface area contributed by atoms with E-state index in [1.165, 1.54) is 6.07 Å². The van der Waals surface area contributed by atoms with Gasteiger partial charge in [0.15, 0.2) is 5.78 Å². The fraction of sp³-hybridized carbons (Fsp3) is 0.500. The summed E-state index contributed by atoms with van der Waals surface area (Å²) in [4.78, 5) is 28.1. The number of carbonyl (C=O) groups is 2. The number of nitrogens with one attached hydrogen (secondary N) is 2. The summed E-state index contributed by atoms with van der Waals surface area (Å²) in [5.41, 5.74) is -0.405. The highest BCUT2D eigenvalue weighted by Gasteiger charge is 2.72. The molecule has 2 heterocycles. The van der Waals surface area contributed by atoms with Gasteiger partial charge in [-0.25, -0.2) is 4.39 Å². The van der Waals surface area contributed by atoms with Gasteiger partial charge in [-0.05, 0) is 47.6 Å². The number of Topliss-reactive ketones (excluding diaryl/α,β-unsaturated/α-hetero) is 1. The molecule has 5 rings (SSSR count). The third-order valence-electron chi connectivity index (χ3n) is 8.07. The van der Waals surface area contributed by atoms with E-state index in [0.29, 0.717) is 22.7 Å². The van der Waals surface area contributed by atoms with Gasteiger partial charge >= 0.3 is 0 Å². The molecule has 2 aromatic rings. The van der Waals surface area contributed by atoms with Crippen LogP contribution in [0.25, 0.3) is 0 Å². The molecule has 0 bridgehead atoms. The van der Waals surface area contributed by atoms with E-state index in [9.17, 15) is 9.59 Å². The Kier molecular flexibility index (Phi) is 6.05. The van der Waals surface area contributed by atoms with Crippen molar-refractivity contribution in [3.05, 3.63) is 63.4 Å². The van der Waals surface area contributed by atoms with E-state index in [0.717, 1.165) is 37.7 Å². The molecule has 2 spiro atoms. The van der Waals surface area contributed by atoms with Gasteiger partial charge in [-0.3, -0.25) is 14.9 Å². The average molecular weight is 517 g/mol. The normalized spacial score (nSPS) is 27.3. The molecule has 3 atom stereocenters. The first-order chi connectivity index (χ1) is 16.5. The zero-order valence-corrected chi connectivity index (χ0v) is 21.8. The second kappa shape index (κ2) is 8.57. The van der Waals surface area contributed by atoms with Gasteiger partial charge in [0, 0.05) is 28.6 Å².